The number of aryl methyl sites for hydroxylation is 1. The monoisotopic (exact) mass is 587 g/mol. The van der Waals surface area contributed by atoms with E-state index in [1.807, 2.05) is 6.07 Å². The van der Waals surface area contributed by atoms with Crippen LogP contribution in [0.25, 0.3) is 0 Å². The fourth-order valence-corrected chi connectivity index (χ4v) is 8.63. The third-order valence-electron chi connectivity index (χ3n) is 9.59. The summed E-state index contributed by atoms with van der Waals surface area (Å²) in [5.74, 6) is 0.693. The molecule has 3 N–H and O–H groups in total. The number of halogens is 1. The van der Waals surface area contributed by atoms with Crippen LogP contribution < -0.4 is 19.8 Å². The molecule has 4 atom stereocenters. The number of carbonyl (C=O) groups is 1. The number of amides is 1. The van der Waals surface area contributed by atoms with Gasteiger partial charge in [0, 0.05) is 35.1 Å². The third-order valence-corrected chi connectivity index (χ3v) is 11.1. The molecule has 2 aromatic carbocycles. The fourth-order valence-electron chi connectivity index (χ4n) is 7.35. The minimum absolute atomic E-state index is 0.0245. The van der Waals surface area contributed by atoms with Crippen LogP contribution in [-0.2, 0) is 21.9 Å². The van der Waals surface area contributed by atoms with E-state index in [-0.39, 0.29) is 17.2 Å². The van der Waals surface area contributed by atoms with Gasteiger partial charge in [-0.25, -0.2) is 18.6 Å². The first-order valence-electron chi connectivity index (χ1n) is 14.5. The van der Waals surface area contributed by atoms with E-state index in [2.05, 4.69) is 27.2 Å². The van der Waals surface area contributed by atoms with Gasteiger partial charge in [0.2, 0.25) is 10.0 Å². The second-order valence-corrected chi connectivity index (χ2v) is 14.4. The number of benzene rings is 2. The summed E-state index contributed by atoms with van der Waals surface area (Å²) < 4.78 is 34.1. The first kappa shape index (κ1) is 27.8. The maximum absolute atomic E-state index is 13.1. The topological polar surface area (TPSA) is 108 Å². The second kappa shape index (κ2) is 11.2. The number of anilines is 1. The quantitative estimate of drug-likeness (QED) is 0.411. The van der Waals surface area contributed by atoms with Gasteiger partial charge in [-0.2, -0.15) is 0 Å². The summed E-state index contributed by atoms with van der Waals surface area (Å²) in [5, 5.41) is 10.8. The Morgan fingerprint density at radius 2 is 1.95 bits per heavy atom. The minimum atomic E-state index is -3.76. The predicted octanol–water partition coefficient (Wildman–Crippen LogP) is 4.82. The van der Waals surface area contributed by atoms with Gasteiger partial charge in [0.1, 0.15) is 5.75 Å². The molecule has 1 amide bonds. The molecule has 0 radical (unpaired) electrons. The molecular weight excluding hydrogens is 550 g/mol. The maximum atomic E-state index is 13.1. The first-order chi connectivity index (χ1) is 19.3. The highest BCUT2D eigenvalue weighted by Crippen LogP contribution is 2.47. The number of nitrogens with zero attached hydrogens (tertiary/aromatic N) is 1. The van der Waals surface area contributed by atoms with E-state index < -0.39 is 15.9 Å². The Morgan fingerprint density at radius 1 is 1.07 bits per heavy atom. The van der Waals surface area contributed by atoms with Crippen LogP contribution in [0.3, 0.4) is 0 Å². The Morgan fingerprint density at radius 3 is 2.75 bits per heavy atom. The largest absolute Gasteiger partial charge is 0.490 e. The molecule has 8 nitrogen and oxygen atoms in total. The lowest BCUT2D eigenvalue weighted by molar-refractivity contribution is 0.0315. The normalized spacial score (nSPS) is 30.2. The predicted molar refractivity (Wildman–Crippen MR) is 155 cm³/mol. The molecule has 2 heterocycles. The molecule has 2 aromatic rings. The number of ether oxygens (including phenoxy) is 1. The van der Waals surface area contributed by atoms with Gasteiger partial charge >= 0.3 is 0 Å². The van der Waals surface area contributed by atoms with Crippen molar-refractivity contribution in [1.29, 1.82) is 0 Å². The zero-order chi connectivity index (χ0) is 27.9. The lowest BCUT2D eigenvalue weighted by Gasteiger charge is -2.46. The number of carbonyl (C=O) groups excluding carboxylic acids is 1. The van der Waals surface area contributed by atoms with E-state index >= 15 is 0 Å². The van der Waals surface area contributed by atoms with Crippen molar-refractivity contribution in [2.75, 3.05) is 30.3 Å². The summed E-state index contributed by atoms with van der Waals surface area (Å²) in [7, 11) is -3.76. The lowest BCUT2D eigenvalue weighted by Crippen LogP contribution is -2.51. The summed E-state index contributed by atoms with van der Waals surface area (Å²) in [6.07, 6.45) is 7.91. The van der Waals surface area contributed by atoms with E-state index in [1.54, 1.807) is 18.2 Å². The highest BCUT2D eigenvalue weighted by Gasteiger charge is 2.44. The standard InChI is InChI=1S/C30H38ClN3O5S/c31-23-9-11-25-20(15-23)5-4-13-30(25)18-34-17-22-7-10-24(22)26(32-36)6-2-1-3-14-40(37,38)33-29(35)21-8-12-28(39-19-30)27(34)16-21/h8-9,11-12,15-16,22,24,26,32,36H,1-7,10,13-14,17-19H2,(H,33,35)/t22-,24+,26+,30-/m0/s1. The lowest BCUT2D eigenvalue weighted by atomic mass is 9.67. The van der Waals surface area contributed by atoms with Crippen LogP contribution in [-0.4, -0.2) is 51.0 Å². The molecule has 4 aliphatic rings. The Labute approximate surface area is 241 Å². The Bertz CT molecular complexity index is 1390. The first-order valence-corrected chi connectivity index (χ1v) is 16.6. The van der Waals surface area contributed by atoms with Gasteiger partial charge in [-0.05, 0) is 98.2 Å². The van der Waals surface area contributed by atoms with E-state index in [0.717, 1.165) is 75.2 Å². The molecule has 1 spiro atoms. The van der Waals surface area contributed by atoms with E-state index in [9.17, 15) is 18.4 Å². The molecule has 2 aliphatic heterocycles. The summed E-state index contributed by atoms with van der Waals surface area (Å²) in [4.78, 5) is 15.5. The summed E-state index contributed by atoms with van der Waals surface area (Å²) in [6, 6.07) is 11.4. The van der Waals surface area contributed by atoms with Crippen LogP contribution in [0.1, 0.15) is 72.9 Å². The molecule has 2 aliphatic carbocycles. The van der Waals surface area contributed by atoms with Gasteiger partial charge in [0.05, 0.1) is 18.0 Å². The number of hydrogen-bond acceptors (Lipinski definition) is 7. The number of nitrogens with one attached hydrogen (secondary N) is 2. The van der Waals surface area contributed by atoms with Crippen LogP contribution in [0.2, 0.25) is 5.02 Å². The summed E-state index contributed by atoms with van der Waals surface area (Å²) in [6.45, 7) is 2.01. The molecule has 10 heteroatoms. The highest BCUT2D eigenvalue weighted by atomic mass is 35.5. The van der Waals surface area contributed by atoms with Crippen LogP contribution in [0.5, 0.6) is 5.75 Å². The van der Waals surface area contributed by atoms with Gasteiger partial charge in [-0.3, -0.25) is 4.79 Å². The van der Waals surface area contributed by atoms with Crippen molar-refractivity contribution in [3.05, 3.63) is 58.1 Å². The van der Waals surface area contributed by atoms with Gasteiger partial charge in [0.25, 0.3) is 5.91 Å². The number of sulfonamides is 1. The van der Waals surface area contributed by atoms with Gasteiger partial charge < -0.3 is 14.8 Å². The van der Waals surface area contributed by atoms with E-state index in [1.165, 1.54) is 11.1 Å². The van der Waals surface area contributed by atoms with Crippen LogP contribution in [0.15, 0.2) is 36.4 Å². The molecule has 1 fully saturated rings. The zero-order valence-corrected chi connectivity index (χ0v) is 24.3. The maximum Gasteiger partial charge on any atom is 0.264 e. The summed E-state index contributed by atoms with van der Waals surface area (Å²) >= 11 is 6.38. The average Bonchev–Trinajstić information content (AvgIpc) is 3.06. The van der Waals surface area contributed by atoms with Crippen molar-refractivity contribution < 1.29 is 23.2 Å². The van der Waals surface area contributed by atoms with Gasteiger partial charge in [0.15, 0.2) is 0 Å². The molecule has 0 saturated heterocycles. The SMILES string of the molecule is O=C1NS(=O)(=O)CCCCC[C@@H](NO)[C@@H]2CC[C@H]2CN2C[C@@]3(CCCc4cc(Cl)ccc43)COc3ccc1cc32. The molecule has 0 unspecified atom stereocenters. The van der Waals surface area contributed by atoms with Crippen molar-refractivity contribution in [3.63, 3.8) is 0 Å². The van der Waals surface area contributed by atoms with Gasteiger partial charge in [-0.15, -0.1) is 0 Å². The molecule has 2 bridgehead atoms. The van der Waals surface area contributed by atoms with Crippen molar-refractivity contribution in [3.8, 4) is 5.75 Å². The average molecular weight is 588 g/mol. The fraction of sp³-hybridized carbons (Fsp3) is 0.567. The smallest absolute Gasteiger partial charge is 0.264 e. The number of hydrogen-bond donors (Lipinski definition) is 3. The highest BCUT2D eigenvalue weighted by molar-refractivity contribution is 7.90. The third kappa shape index (κ3) is 5.45. The molecule has 6 rings (SSSR count). The number of hydroxylamine groups is 1. The number of fused-ring (bicyclic) bond motifs is 4. The van der Waals surface area contributed by atoms with Crippen molar-refractivity contribution in [2.24, 2.45) is 11.8 Å². The van der Waals surface area contributed by atoms with Crippen molar-refractivity contribution in [1.82, 2.24) is 10.2 Å². The van der Waals surface area contributed by atoms with Crippen molar-refractivity contribution >= 4 is 33.2 Å². The Balaban J connectivity index is 1.41. The van der Waals surface area contributed by atoms with E-state index in [4.69, 9.17) is 16.3 Å². The van der Waals surface area contributed by atoms with Crippen LogP contribution in [0.4, 0.5) is 5.69 Å². The second-order valence-electron chi connectivity index (χ2n) is 12.1. The Kier molecular flexibility index (Phi) is 7.76. The molecule has 1 saturated carbocycles. The minimum Gasteiger partial charge on any atom is -0.490 e. The molecular formula is C30H38ClN3O5S. The molecule has 216 valence electrons. The molecule has 0 aromatic heterocycles. The van der Waals surface area contributed by atoms with Crippen LogP contribution >= 0.6 is 11.6 Å². The Hall–Kier alpha value is -2.33. The molecule has 40 heavy (non-hydrogen) atoms. The van der Waals surface area contributed by atoms with Crippen LogP contribution in [0, 0.1) is 11.8 Å². The summed E-state index contributed by atoms with van der Waals surface area (Å²) in [5.41, 5.74) is 5.99. The van der Waals surface area contributed by atoms with Gasteiger partial charge in [-0.1, -0.05) is 30.5 Å². The van der Waals surface area contributed by atoms with Crippen molar-refractivity contribution in [2.45, 2.75) is 69.2 Å². The number of rotatable bonds is 1. The van der Waals surface area contributed by atoms with E-state index in [0.29, 0.717) is 36.2 Å². The zero-order valence-electron chi connectivity index (χ0n) is 22.7.